The highest BCUT2D eigenvalue weighted by atomic mass is 35.5. The monoisotopic (exact) mass is 331 g/mol. The van der Waals surface area contributed by atoms with Crippen LogP contribution in [0.1, 0.15) is 18.4 Å². The van der Waals surface area contributed by atoms with Crippen LogP contribution in [-0.2, 0) is 5.60 Å². The van der Waals surface area contributed by atoms with Crippen molar-refractivity contribution in [2.24, 2.45) is 11.3 Å². The molecule has 1 saturated carbocycles. The lowest BCUT2D eigenvalue weighted by molar-refractivity contribution is -0.0819. The molecule has 0 aliphatic heterocycles. The van der Waals surface area contributed by atoms with Crippen LogP contribution in [-0.4, -0.2) is 25.1 Å². The van der Waals surface area contributed by atoms with Crippen LogP contribution < -0.4 is 5.73 Å². The Morgan fingerprint density at radius 3 is 2.32 bits per heavy atom. The molecule has 6 heteroatoms. The van der Waals surface area contributed by atoms with E-state index >= 15 is 0 Å². The topological polar surface area (TPSA) is 46.2 Å². The van der Waals surface area contributed by atoms with E-state index in [2.05, 4.69) is 11.8 Å². The van der Waals surface area contributed by atoms with Gasteiger partial charge in [0.1, 0.15) is 20.0 Å². The first-order chi connectivity index (χ1) is 10.4. The van der Waals surface area contributed by atoms with Gasteiger partial charge < -0.3 is 10.8 Å². The minimum atomic E-state index is -2.39. The van der Waals surface area contributed by atoms with Gasteiger partial charge in [-0.25, -0.2) is 0 Å². The van der Waals surface area contributed by atoms with Crippen LogP contribution in [0.4, 0.5) is 18.9 Å². The molecule has 120 valence electrons. The molecule has 0 heterocycles. The quantitative estimate of drug-likeness (QED) is 0.641. The van der Waals surface area contributed by atoms with Gasteiger partial charge in [-0.2, -0.15) is 0 Å². The summed E-state index contributed by atoms with van der Waals surface area (Å²) in [5, 5.41) is 11.2. The van der Waals surface area contributed by atoms with Crippen LogP contribution in [0.2, 0.25) is 5.02 Å². The van der Waals surface area contributed by atoms with Crippen molar-refractivity contribution < 1.29 is 18.3 Å². The highest BCUT2D eigenvalue weighted by Crippen LogP contribution is 2.44. The summed E-state index contributed by atoms with van der Waals surface area (Å²) in [6.45, 7) is -4.24. The minimum Gasteiger partial charge on any atom is -0.398 e. The molecule has 0 aromatic heterocycles. The maximum absolute atomic E-state index is 13.5. The first-order valence-corrected chi connectivity index (χ1v) is 7.28. The Morgan fingerprint density at radius 2 is 1.82 bits per heavy atom. The molecular formula is C16H17ClF3NO. The molecular weight excluding hydrogens is 315 g/mol. The maximum Gasteiger partial charge on any atom is 0.166 e. The van der Waals surface area contributed by atoms with Crippen LogP contribution in [0.3, 0.4) is 0 Å². The lowest BCUT2D eigenvalue weighted by Crippen LogP contribution is -2.50. The average Bonchev–Trinajstić information content (AvgIpc) is 3.34. The summed E-state index contributed by atoms with van der Waals surface area (Å²) in [6, 6.07) is 4.13. The molecule has 1 fully saturated rings. The molecule has 1 aromatic carbocycles. The number of anilines is 1. The number of rotatable bonds is 5. The molecule has 3 N–H and O–H groups in total. The third-order valence-electron chi connectivity index (χ3n) is 3.97. The Kier molecular flexibility index (Phi) is 4.93. The van der Waals surface area contributed by atoms with Gasteiger partial charge in [-0.3, -0.25) is 13.2 Å². The van der Waals surface area contributed by atoms with Gasteiger partial charge in [-0.15, -0.1) is 0 Å². The van der Waals surface area contributed by atoms with Gasteiger partial charge in [0.2, 0.25) is 0 Å². The van der Waals surface area contributed by atoms with E-state index in [9.17, 15) is 18.3 Å². The zero-order valence-electron chi connectivity index (χ0n) is 11.9. The number of alkyl halides is 3. The first kappa shape index (κ1) is 17.0. The SMILES string of the molecule is Nc1ccc(Cl)cc1[C@@](O)(C#CC1CC1)C(CF)(CF)CF. The molecule has 0 radical (unpaired) electrons. The largest absolute Gasteiger partial charge is 0.398 e. The Bertz CT molecular complexity index is 597. The molecule has 0 bridgehead atoms. The minimum absolute atomic E-state index is 0.0525. The smallest absolute Gasteiger partial charge is 0.166 e. The molecule has 1 aliphatic rings. The van der Waals surface area contributed by atoms with E-state index in [4.69, 9.17) is 17.3 Å². The lowest BCUT2D eigenvalue weighted by Gasteiger charge is -2.39. The molecule has 0 unspecified atom stereocenters. The highest BCUT2D eigenvalue weighted by Gasteiger charge is 2.53. The Balaban J connectivity index is 2.64. The van der Waals surface area contributed by atoms with Crippen molar-refractivity contribution in [2.45, 2.75) is 18.4 Å². The lowest BCUT2D eigenvalue weighted by atomic mass is 9.70. The van der Waals surface area contributed by atoms with Crippen molar-refractivity contribution in [3.63, 3.8) is 0 Å². The summed E-state index contributed by atoms with van der Waals surface area (Å²) in [7, 11) is 0. The van der Waals surface area contributed by atoms with Gasteiger partial charge in [-0.05, 0) is 31.0 Å². The average molecular weight is 332 g/mol. The second kappa shape index (κ2) is 6.39. The van der Waals surface area contributed by atoms with Gasteiger partial charge in [0.25, 0.3) is 0 Å². The molecule has 0 amide bonds. The molecule has 0 saturated heterocycles. The Morgan fingerprint density at radius 1 is 1.23 bits per heavy atom. The fraction of sp³-hybridized carbons (Fsp3) is 0.500. The number of nitrogens with two attached hydrogens (primary N) is 1. The van der Waals surface area contributed by atoms with Gasteiger partial charge in [0, 0.05) is 22.2 Å². The molecule has 2 nitrogen and oxygen atoms in total. The van der Waals surface area contributed by atoms with Crippen molar-refractivity contribution in [1.29, 1.82) is 0 Å². The first-order valence-electron chi connectivity index (χ1n) is 6.91. The van der Waals surface area contributed by atoms with Crippen LogP contribution in [0, 0.1) is 23.2 Å². The summed E-state index contributed by atoms with van der Waals surface area (Å²) >= 11 is 5.88. The van der Waals surface area contributed by atoms with Crippen molar-refractivity contribution >= 4 is 17.3 Å². The summed E-state index contributed by atoms with van der Waals surface area (Å²) in [5.74, 6) is 5.29. The Labute approximate surface area is 132 Å². The van der Waals surface area contributed by atoms with Crippen LogP contribution >= 0.6 is 11.6 Å². The predicted octanol–water partition coefficient (Wildman–Crippen LogP) is 3.42. The number of aliphatic hydroxyl groups is 1. The molecule has 1 aromatic rings. The van der Waals surface area contributed by atoms with Crippen molar-refractivity contribution in [2.75, 3.05) is 25.8 Å². The number of hydrogen-bond donors (Lipinski definition) is 2. The van der Waals surface area contributed by atoms with Crippen LogP contribution in [0.25, 0.3) is 0 Å². The molecule has 0 spiro atoms. The van der Waals surface area contributed by atoms with Crippen molar-refractivity contribution in [3.05, 3.63) is 28.8 Å². The van der Waals surface area contributed by atoms with E-state index in [1.165, 1.54) is 18.2 Å². The fourth-order valence-corrected chi connectivity index (χ4v) is 2.33. The standard InChI is InChI=1S/C16H17ClF3NO/c17-12-3-4-14(21)13(7-12)16(22,6-5-11-1-2-11)15(8-18,9-19)10-20/h3-4,7,11,22H,1-2,8-10,21H2/t16-/m0/s1. The van der Waals surface area contributed by atoms with Gasteiger partial charge in [-0.1, -0.05) is 23.4 Å². The molecule has 1 aliphatic carbocycles. The summed E-state index contributed by atoms with van der Waals surface area (Å²) in [4.78, 5) is 0. The van der Waals surface area contributed by atoms with Gasteiger partial charge in [0.05, 0.1) is 5.41 Å². The normalized spacial score (nSPS) is 17.5. The number of nitrogen functional groups attached to an aromatic ring is 1. The van der Waals surface area contributed by atoms with Crippen LogP contribution in [0.5, 0.6) is 0 Å². The zero-order chi connectivity index (χ0) is 16.4. The fourth-order valence-electron chi connectivity index (χ4n) is 2.16. The second-order valence-corrected chi connectivity index (χ2v) is 6.10. The third kappa shape index (κ3) is 2.90. The number of halogens is 4. The van der Waals surface area contributed by atoms with Crippen molar-refractivity contribution in [1.82, 2.24) is 0 Å². The van der Waals surface area contributed by atoms with E-state index < -0.39 is 31.0 Å². The summed E-state index contributed by atoms with van der Waals surface area (Å²) < 4.78 is 40.5. The third-order valence-corrected chi connectivity index (χ3v) is 4.21. The van der Waals surface area contributed by atoms with E-state index in [-0.39, 0.29) is 22.2 Å². The van der Waals surface area contributed by atoms with E-state index in [1.807, 2.05) is 0 Å². The second-order valence-electron chi connectivity index (χ2n) is 5.67. The molecule has 2 rings (SSSR count). The number of hydrogen-bond acceptors (Lipinski definition) is 2. The van der Waals surface area contributed by atoms with Crippen molar-refractivity contribution in [3.8, 4) is 11.8 Å². The molecule has 1 atom stereocenters. The predicted molar refractivity (Wildman–Crippen MR) is 80.6 cm³/mol. The highest BCUT2D eigenvalue weighted by molar-refractivity contribution is 6.30. The van der Waals surface area contributed by atoms with Gasteiger partial charge in [0.15, 0.2) is 5.60 Å². The van der Waals surface area contributed by atoms with Crippen LogP contribution in [0.15, 0.2) is 18.2 Å². The Hall–Kier alpha value is -1.38. The maximum atomic E-state index is 13.5. The number of benzene rings is 1. The molecule has 22 heavy (non-hydrogen) atoms. The summed E-state index contributed by atoms with van der Waals surface area (Å²) in [5.41, 5.74) is 1.08. The van der Waals surface area contributed by atoms with Gasteiger partial charge >= 0.3 is 0 Å². The van der Waals surface area contributed by atoms with E-state index in [1.54, 1.807) is 0 Å². The summed E-state index contributed by atoms with van der Waals surface area (Å²) in [6.07, 6.45) is 1.70. The zero-order valence-corrected chi connectivity index (χ0v) is 12.6. The van der Waals surface area contributed by atoms with E-state index in [0.29, 0.717) is 0 Å². The van der Waals surface area contributed by atoms with E-state index in [0.717, 1.165) is 12.8 Å².